The molecule has 2 fully saturated rings. The van der Waals surface area contributed by atoms with Crippen LogP contribution in [0.4, 0.5) is 5.69 Å². The minimum Gasteiger partial charge on any atom is -0.349 e. The molecule has 0 saturated heterocycles. The number of carbonyl (C=O) groups is 1. The topological polar surface area (TPSA) is 75.3 Å². The van der Waals surface area contributed by atoms with Gasteiger partial charge in [0, 0.05) is 17.3 Å². The van der Waals surface area contributed by atoms with Gasteiger partial charge < -0.3 is 5.32 Å². The van der Waals surface area contributed by atoms with Crippen LogP contribution in [0.1, 0.15) is 36.0 Å². The molecule has 0 spiro atoms. The van der Waals surface area contributed by atoms with Gasteiger partial charge in [-0.05, 0) is 49.3 Å². The molecule has 6 heteroatoms. The number of sulfonamides is 1. The zero-order chi connectivity index (χ0) is 15.0. The van der Waals surface area contributed by atoms with E-state index < -0.39 is 10.0 Å². The van der Waals surface area contributed by atoms with E-state index in [4.69, 9.17) is 0 Å². The first kappa shape index (κ1) is 14.4. The van der Waals surface area contributed by atoms with Crippen molar-refractivity contribution in [3.05, 3.63) is 29.8 Å². The Kier molecular flexibility index (Phi) is 3.65. The van der Waals surface area contributed by atoms with Gasteiger partial charge in [-0.1, -0.05) is 12.5 Å². The van der Waals surface area contributed by atoms with E-state index in [0.29, 0.717) is 17.2 Å². The van der Waals surface area contributed by atoms with E-state index >= 15 is 0 Å². The third-order valence-corrected chi connectivity index (χ3v) is 5.09. The van der Waals surface area contributed by atoms with Crippen LogP contribution in [0.5, 0.6) is 0 Å². The van der Waals surface area contributed by atoms with E-state index in [1.807, 2.05) is 0 Å². The van der Waals surface area contributed by atoms with Crippen molar-refractivity contribution in [2.75, 3.05) is 11.0 Å². The number of nitrogens with one attached hydrogen (secondary N) is 2. The van der Waals surface area contributed by atoms with E-state index in [9.17, 15) is 13.2 Å². The predicted octanol–water partition coefficient (Wildman–Crippen LogP) is 1.98. The lowest BCUT2D eigenvalue weighted by atomic mass is 9.95. The van der Waals surface area contributed by atoms with Crippen molar-refractivity contribution in [3.8, 4) is 0 Å². The third kappa shape index (κ3) is 3.37. The molecular weight excluding hydrogens is 288 g/mol. The maximum Gasteiger partial charge on any atom is 0.251 e. The molecule has 21 heavy (non-hydrogen) atoms. The van der Waals surface area contributed by atoms with Gasteiger partial charge >= 0.3 is 0 Å². The highest BCUT2D eigenvalue weighted by Crippen LogP contribution is 2.44. The highest BCUT2D eigenvalue weighted by Gasteiger charge is 2.40. The monoisotopic (exact) mass is 308 g/mol. The second kappa shape index (κ2) is 5.33. The van der Waals surface area contributed by atoms with E-state index in [1.54, 1.807) is 24.3 Å². The Morgan fingerprint density at radius 3 is 2.67 bits per heavy atom. The summed E-state index contributed by atoms with van der Waals surface area (Å²) in [7, 11) is -3.33. The number of rotatable bonds is 4. The molecule has 0 aromatic heterocycles. The highest BCUT2D eigenvalue weighted by atomic mass is 32.2. The minimum atomic E-state index is -3.33. The lowest BCUT2D eigenvalue weighted by Gasteiger charge is -2.23. The quantitative estimate of drug-likeness (QED) is 0.893. The van der Waals surface area contributed by atoms with Gasteiger partial charge in [0.1, 0.15) is 0 Å². The standard InChI is InChI=1S/C15H20N2O3S/c1-21(19,20)17-13-4-2-3-12(9-13)15(18)16-14-8-10-5-6-11(14)7-10/h2-4,9-11,14,17H,5-8H2,1H3,(H,16,18)/t10-,11+,14-/m0/s1. The molecule has 2 N–H and O–H groups in total. The number of hydrogen-bond donors (Lipinski definition) is 2. The molecule has 2 aliphatic rings. The summed E-state index contributed by atoms with van der Waals surface area (Å²) in [5.74, 6) is 1.28. The van der Waals surface area contributed by atoms with Gasteiger partial charge in [-0.25, -0.2) is 8.42 Å². The van der Waals surface area contributed by atoms with Crippen molar-refractivity contribution in [1.29, 1.82) is 0 Å². The fourth-order valence-electron chi connectivity index (χ4n) is 3.61. The number of amides is 1. The van der Waals surface area contributed by atoms with Crippen LogP contribution in [-0.2, 0) is 10.0 Å². The van der Waals surface area contributed by atoms with Gasteiger partial charge in [0.2, 0.25) is 10.0 Å². The maximum atomic E-state index is 12.3. The van der Waals surface area contributed by atoms with Crippen LogP contribution in [0.3, 0.4) is 0 Å². The summed E-state index contributed by atoms with van der Waals surface area (Å²) in [6.07, 6.45) is 5.92. The summed E-state index contributed by atoms with van der Waals surface area (Å²) in [6.45, 7) is 0. The normalized spacial score (nSPS) is 27.6. The minimum absolute atomic E-state index is 0.121. The molecule has 0 heterocycles. The maximum absolute atomic E-state index is 12.3. The van der Waals surface area contributed by atoms with Gasteiger partial charge in [-0.15, -0.1) is 0 Å². The molecule has 2 bridgehead atoms. The summed E-state index contributed by atoms with van der Waals surface area (Å²) in [4.78, 5) is 12.3. The van der Waals surface area contributed by atoms with Crippen LogP contribution in [0.25, 0.3) is 0 Å². The molecule has 0 radical (unpaired) electrons. The van der Waals surface area contributed by atoms with Crippen molar-refractivity contribution in [3.63, 3.8) is 0 Å². The Labute approximate surface area is 125 Å². The summed E-state index contributed by atoms with van der Waals surface area (Å²) in [5, 5.41) is 3.10. The van der Waals surface area contributed by atoms with Gasteiger partial charge in [-0.2, -0.15) is 0 Å². The smallest absolute Gasteiger partial charge is 0.251 e. The molecule has 1 aromatic rings. The predicted molar refractivity (Wildman–Crippen MR) is 81.6 cm³/mol. The van der Waals surface area contributed by atoms with E-state index in [2.05, 4.69) is 10.0 Å². The zero-order valence-electron chi connectivity index (χ0n) is 12.0. The Bertz CT molecular complexity index is 657. The van der Waals surface area contributed by atoms with E-state index in [1.165, 1.54) is 19.3 Å². The average molecular weight is 308 g/mol. The molecule has 114 valence electrons. The van der Waals surface area contributed by atoms with Crippen LogP contribution in [0.15, 0.2) is 24.3 Å². The number of fused-ring (bicyclic) bond motifs is 2. The molecule has 2 aliphatic carbocycles. The summed E-state index contributed by atoms with van der Waals surface area (Å²) >= 11 is 0. The second-order valence-corrected chi connectivity index (χ2v) is 7.96. The molecule has 5 nitrogen and oxygen atoms in total. The first-order valence-corrected chi connectivity index (χ1v) is 9.18. The number of benzene rings is 1. The van der Waals surface area contributed by atoms with Gasteiger partial charge in [0.05, 0.1) is 6.26 Å². The fourth-order valence-corrected chi connectivity index (χ4v) is 4.17. The van der Waals surface area contributed by atoms with Crippen molar-refractivity contribution >= 4 is 21.6 Å². The van der Waals surface area contributed by atoms with Crippen molar-refractivity contribution in [1.82, 2.24) is 5.32 Å². The Hall–Kier alpha value is -1.56. The molecule has 1 amide bonds. The number of carbonyl (C=O) groups excluding carboxylic acids is 1. The van der Waals surface area contributed by atoms with Crippen LogP contribution < -0.4 is 10.0 Å². The molecular formula is C15H20N2O3S. The molecule has 0 aliphatic heterocycles. The molecule has 3 rings (SSSR count). The van der Waals surface area contributed by atoms with Gasteiger partial charge in [-0.3, -0.25) is 9.52 Å². The number of hydrogen-bond acceptors (Lipinski definition) is 3. The number of anilines is 1. The average Bonchev–Trinajstić information content (AvgIpc) is 2.99. The lowest BCUT2D eigenvalue weighted by molar-refractivity contribution is 0.0923. The third-order valence-electron chi connectivity index (χ3n) is 4.48. The zero-order valence-corrected chi connectivity index (χ0v) is 12.8. The highest BCUT2D eigenvalue weighted by molar-refractivity contribution is 7.92. The lowest BCUT2D eigenvalue weighted by Crippen LogP contribution is -2.38. The van der Waals surface area contributed by atoms with Gasteiger partial charge in [0.15, 0.2) is 0 Å². The van der Waals surface area contributed by atoms with Crippen molar-refractivity contribution < 1.29 is 13.2 Å². The van der Waals surface area contributed by atoms with Crippen LogP contribution >= 0.6 is 0 Å². The van der Waals surface area contributed by atoms with Crippen LogP contribution in [0, 0.1) is 11.8 Å². The van der Waals surface area contributed by atoms with E-state index in [-0.39, 0.29) is 11.9 Å². The van der Waals surface area contributed by atoms with Crippen LogP contribution in [-0.4, -0.2) is 26.6 Å². The molecule has 1 aromatic carbocycles. The van der Waals surface area contributed by atoms with Crippen LogP contribution in [0.2, 0.25) is 0 Å². The summed E-state index contributed by atoms with van der Waals surface area (Å²) in [6, 6.07) is 6.88. The first-order valence-electron chi connectivity index (χ1n) is 7.29. The Morgan fingerprint density at radius 2 is 2.05 bits per heavy atom. The Morgan fingerprint density at radius 1 is 1.24 bits per heavy atom. The fraction of sp³-hybridized carbons (Fsp3) is 0.533. The largest absolute Gasteiger partial charge is 0.349 e. The Balaban J connectivity index is 1.68. The van der Waals surface area contributed by atoms with Crippen molar-refractivity contribution in [2.45, 2.75) is 31.7 Å². The second-order valence-electron chi connectivity index (χ2n) is 6.21. The summed E-state index contributed by atoms with van der Waals surface area (Å²) < 4.78 is 24.9. The molecule has 0 unspecified atom stereocenters. The molecule has 2 saturated carbocycles. The van der Waals surface area contributed by atoms with E-state index in [0.717, 1.165) is 18.6 Å². The van der Waals surface area contributed by atoms with Crippen molar-refractivity contribution in [2.24, 2.45) is 11.8 Å². The first-order chi connectivity index (χ1) is 9.90. The van der Waals surface area contributed by atoms with Gasteiger partial charge in [0.25, 0.3) is 5.91 Å². The SMILES string of the molecule is CS(=O)(=O)Nc1cccc(C(=O)N[C@H]2C[C@H]3CC[C@@H]2C3)c1. The molecule has 3 atom stereocenters. The summed E-state index contributed by atoms with van der Waals surface area (Å²) in [5.41, 5.74) is 0.907.